The lowest BCUT2D eigenvalue weighted by molar-refractivity contribution is 0.0430. The quantitative estimate of drug-likeness (QED) is 0.501. The summed E-state index contributed by atoms with van der Waals surface area (Å²) in [5, 5.41) is 10.2. The maximum absolute atomic E-state index is 12.6. The Morgan fingerprint density at radius 3 is 2.77 bits per heavy atom. The van der Waals surface area contributed by atoms with Crippen LogP contribution in [0.1, 0.15) is 22.1 Å². The lowest BCUT2D eigenvalue weighted by Crippen LogP contribution is -2.06. The molecule has 3 heterocycles. The van der Waals surface area contributed by atoms with E-state index in [0.717, 1.165) is 10.6 Å². The van der Waals surface area contributed by atoms with Crippen LogP contribution >= 0.6 is 11.3 Å². The van der Waals surface area contributed by atoms with Gasteiger partial charge in [0.25, 0.3) is 5.89 Å². The fourth-order valence-electron chi connectivity index (χ4n) is 2.44. The molecule has 0 N–H and O–H groups in total. The van der Waals surface area contributed by atoms with Gasteiger partial charge in [-0.2, -0.15) is 10.1 Å². The zero-order chi connectivity index (χ0) is 17.9. The Kier molecular flexibility index (Phi) is 4.32. The van der Waals surface area contributed by atoms with Crippen molar-refractivity contribution in [1.82, 2.24) is 19.9 Å². The van der Waals surface area contributed by atoms with Gasteiger partial charge in [-0.05, 0) is 30.5 Å². The van der Waals surface area contributed by atoms with Gasteiger partial charge in [0.05, 0.1) is 10.6 Å². The molecular weight excluding hydrogens is 352 g/mol. The second kappa shape index (κ2) is 6.93. The number of rotatable bonds is 5. The Morgan fingerprint density at radius 2 is 2.08 bits per heavy atom. The third-order valence-corrected chi connectivity index (χ3v) is 4.48. The average molecular weight is 366 g/mol. The molecule has 7 nitrogen and oxygen atoms in total. The van der Waals surface area contributed by atoms with E-state index in [1.165, 1.54) is 11.3 Å². The Labute approximate surface area is 152 Å². The summed E-state index contributed by atoms with van der Waals surface area (Å²) < 4.78 is 12.0. The normalized spacial score (nSPS) is 10.8. The molecule has 0 aliphatic rings. The number of nitrogens with zero attached hydrogens (tertiary/aromatic N) is 4. The third-order valence-electron chi connectivity index (χ3n) is 3.61. The van der Waals surface area contributed by atoms with Crippen molar-refractivity contribution in [2.75, 3.05) is 0 Å². The number of hydrogen-bond donors (Lipinski definition) is 0. The van der Waals surface area contributed by atoms with Crippen LogP contribution in [0.5, 0.6) is 0 Å². The molecule has 8 heteroatoms. The fraction of sp³-hybridized carbons (Fsp3) is 0.111. The van der Waals surface area contributed by atoms with Crippen LogP contribution in [0.15, 0.2) is 58.6 Å². The van der Waals surface area contributed by atoms with Crippen molar-refractivity contribution in [3.63, 3.8) is 0 Å². The topological polar surface area (TPSA) is 83.0 Å². The zero-order valence-corrected chi connectivity index (χ0v) is 14.6. The maximum atomic E-state index is 12.6. The largest absolute Gasteiger partial charge is 0.452 e. The van der Waals surface area contributed by atoms with Gasteiger partial charge in [-0.25, -0.2) is 9.48 Å². The first-order valence-electron chi connectivity index (χ1n) is 7.86. The third kappa shape index (κ3) is 3.27. The Hall–Kier alpha value is -3.26. The summed E-state index contributed by atoms with van der Waals surface area (Å²) in [6.45, 7) is 1.62. The zero-order valence-electron chi connectivity index (χ0n) is 13.8. The minimum atomic E-state index is -0.494. The molecule has 0 atom stereocenters. The number of aromatic nitrogens is 4. The molecule has 0 bridgehead atoms. The number of benzene rings is 1. The summed E-state index contributed by atoms with van der Waals surface area (Å²) in [6, 6.07) is 13.4. The average Bonchev–Trinajstić information content (AvgIpc) is 3.40. The highest BCUT2D eigenvalue weighted by Crippen LogP contribution is 2.28. The lowest BCUT2D eigenvalue weighted by atomic mass is 10.2. The van der Waals surface area contributed by atoms with Crippen LogP contribution in [0.2, 0.25) is 0 Å². The van der Waals surface area contributed by atoms with E-state index in [9.17, 15) is 4.79 Å². The molecule has 0 aliphatic carbocycles. The minimum Gasteiger partial charge on any atom is -0.452 e. The monoisotopic (exact) mass is 366 g/mol. The van der Waals surface area contributed by atoms with Gasteiger partial charge in [0.1, 0.15) is 11.3 Å². The number of carbonyl (C=O) groups excluding carboxylic acids is 1. The number of carbonyl (C=O) groups is 1. The molecule has 0 aliphatic heterocycles. The van der Waals surface area contributed by atoms with E-state index in [0.29, 0.717) is 17.1 Å². The molecule has 0 radical (unpaired) electrons. The molecule has 0 amide bonds. The smallest absolute Gasteiger partial charge is 0.342 e. The highest BCUT2D eigenvalue weighted by Gasteiger charge is 2.21. The molecule has 4 aromatic rings. The van der Waals surface area contributed by atoms with Crippen molar-refractivity contribution < 1.29 is 14.1 Å². The van der Waals surface area contributed by atoms with Crippen LogP contribution in [-0.4, -0.2) is 25.9 Å². The standard InChI is InChI=1S/C18H14N4O3S/c1-12-19-16(25-21-12)11-24-18(23)14-10-22(13-6-3-2-4-7-13)20-17(14)15-8-5-9-26-15/h2-10H,11H2,1H3. The van der Waals surface area contributed by atoms with Crippen molar-refractivity contribution in [2.24, 2.45) is 0 Å². The number of esters is 1. The molecule has 0 fully saturated rings. The van der Waals surface area contributed by atoms with Gasteiger partial charge < -0.3 is 9.26 Å². The van der Waals surface area contributed by atoms with E-state index in [4.69, 9.17) is 9.26 Å². The summed E-state index contributed by atoms with van der Waals surface area (Å²) in [5.41, 5.74) is 1.82. The van der Waals surface area contributed by atoms with Gasteiger partial charge in [0.2, 0.25) is 0 Å². The van der Waals surface area contributed by atoms with Gasteiger partial charge in [0, 0.05) is 6.20 Å². The molecule has 4 rings (SSSR count). The van der Waals surface area contributed by atoms with E-state index in [1.54, 1.807) is 17.8 Å². The summed E-state index contributed by atoms with van der Waals surface area (Å²) >= 11 is 1.51. The molecule has 0 saturated carbocycles. The Bertz CT molecular complexity index is 1020. The summed E-state index contributed by atoms with van der Waals surface area (Å²) in [6.07, 6.45) is 1.67. The van der Waals surface area contributed by atoms with Crippen LogP contribution in [0.3, 0.4) is 0 Å². The predicted octanol–water partition coefficient (Wildman–Crippen LogP) is 3.65. The number of hydrogen-bond acceptors (Lipinski definition) is 7. The molecule has 0 spiro atoms. The van der Waals surface area contributed by atoms with Crippen molar-refractivity contribution in [1.29, 1.82) is 0 Å². The van der Waals surface area contributed by atoms with Gasteiger partial charge in [-0.3, -0.25) is 0 Å². The summed E-state index contributed by atoms with van der Waals surface area (Å²) in [4.78, 5) is 17.5. The van der Waals surface area contributed by atoms with Crippen LogP contribution < -0.4 is 0 Å². The fourth-order valence-corrected chi connectivity index (χ4v) is 3.16. The first kappa shape index (κ1) is 16.2. The van der Waals surface area contributed by atoms with Crippen LogP contribution in [0.25, 0.3) is 16.3 Å². The first-order chi connectivity index (χ1) is 12.7. The molecule has 1 aromatic carbocycles. The summed E-state index contributed by atoms with van der Waals surface area (Å²) in [7, 11) is 0. The van der Waals surface area contributed by atoms with Crippen LogP contribution in [0, 0.1) is 6.92 Å². The first-order valence-corrected chi connectivity index (χ1v) is 8.74. The Morgan fingerprint density at radius 1 is 1.23 bits per heavy atom. The molecule has 0 unspecified atom stereocenters. The number of para-hydroxylation sites is 1. The van der Waals surface area contributed by atoms with Crippen molar-refractivity contribution in [2.45, 2.75) is 13.5 Å². The highest BCUT2D eigenvalue weighted by atomic mass is 32.1. The lowest BCUT2D eigenvalue weighted by Gasteiger charge is -2.01. The maximum Gasteiger partial charge on any atom is 0.342 e. The van der Waals surface area contributed by atoms with Crippen molar-refractivity contribution in [3.8, 4) is 16.3 Å². The molecular formula is C18H14N4O3S. The molecule has 130 valence electrons. The number of ether oxygens (including phenoxy) is 1. The van der Waals surface area contributed by atoms with Gasteiger partial charge in [0.15, 0.2) is 12.4 Å². The predicted molar refractivity (Wildman–Crippen MR) is 95.0 cm³/mol. The van der Waals surface area contributed by atoms with E-state index >= 15 is 0 Å². The van der Waals surface area contributed by atoms with E-state index in [-0.39, 0.29) is 12.5 Å². The highest BCUT2D eigenvalue weighted by molar-refractivity contribution is 7.13. The molecule has 3 aromatic heterocycles. The van der Waals surface area contributed by atoms with Crippen molar-refractivity contribution >= 4 is 17.3 Å². The molecule has 0 saturated heterocycles. The van der Waals surface area contributed by atoms with E-state index in [1.807, 2.05) is 47.8 Å². The van der Waals surface area contributed by atoms with Crippen LogP contribution in [0.4, 0.5) is 0 Å². The second-order valence-corrected chi connectivity index (χ2v) is 6.41. The second-order valence-electron chi connectivity index (χ2n) is 5.46. The number of aryl methyl sites for hydroxylation is 1. The Balaban J connectivity index is 1.65. The van der Waals surface area contributed by atoms with E-state index < -0.39 is 5.97 Å². The van der Waals surface area contributed by atoms with Crippen molar-refractivity contribution in [3.05, 3.63) is 71.3 Å². The van der Waals surface area contributed by atoms with Gasteiger partial charge in [-0.1, -0.05) is 29.4 Å². The SMILES string of the molecule is Cc1noc(COC(=O)c2cn(-c3ccccc3)nc2-c2cccs2)n1. The summed E-state index contributed by atoms with van der Waals surface area (Å²) in [5.74, 6) is 0.252. The van der Waals surface area contributed by atoms with Gasteiger partial charge >= 0.3 is 5.97 Å². The minimum absolute atomic E-state index is 0.0833. The van der Waals surface area contributed by atoms with Crippen LogP contribution in [-0.2, 0) is 11.3 Å². The molecule has 26 heavy (non-hydrogen) atoms. The van der Waals surface area contributed by atoms with Gasteiger partial charge in [-0.15, -0.1) is 11.3 Å². The number of thiophene rings is 1. The van der Waals surface area contributed by atoms with E-state index in [2.05, 4.69) is 15.2 Å².